The Morgan fingerprint density at radius 3 is 2.56 bits per heavy atom. The average Bonchev–Trinajstić information content (AvgIpc) is 2.72. The number of carbonyl (C=O) groups excluding carboxylic acids is 1. The van der Waals surface area contributed by atoms with Crippen LogP contribution in [0.15, 0.2) is 42.5 Å². The minimum absolute atomic E-state index is 0.186. The van der Waals surface area contributed by atoms with E-state index in [1.54, 1.807) is 30.3 Å². The first kappa shape index (κ1) is 17.8. The fourth-order valence-electron chi connectivity index (χ4n) is 3.68. The lowest BCUT2D eigenvalue weighted by molar-refractivity contribution is 0.0486. The molecule has 0 unspecified atom stereocenters. The van der Waals surface area contributed by atoms with Crippen LogP contribution in [0.2, 0.25) is 0 Å². The summed E-state index contributed by atoms with van der Waals surface area (Å²) in [4.78, 5) is 12.7. The Balaban J connectivity index is 1.51. The molecule has 2 aromatic carbocycles. The molecule has 2 aliphatic heterocycles. The van der Waals surface area contributed by atoms with Gasteiger partial charge < -0.3 is 19.5 Å². The van der Waals surface area contributed by atoms with Crippen molar-refractivity contribution < 1.29 is 23.4 Å². The maximum Gasteiger partial charge on any atom is 0.251 e. The number of hydrogen-bond acceptors (Lipinski definition) is 4. The fraction of sp³-hybridized carbons (Fsp3) is 0.381. The minimum atomic E-state index is -0.330. The van der Waals surface area contributed by atoms with Gasteiger partial charge in [0.05, 0.1) is 0 Å². The normalized spacial score (nSPS) is 18.0. The van der Waals surface area contributed by atoms with Gasteiger partial charge in [-0.3, -0.25) is 4.79 Å². The lowest BCUT2D eigenvalue weighted by Crippen LogP contribution is -2.44. The van der Waals surface area contributed by atoms with Crippen molar-refractivity contribution in [1.82, 2.24) is 5.32 Å². The summed E-state index contributed by atoms with van der Waals surface area (Å²) in [6, 6.07) is 11.8. The third-order valence-electron chi connectivity index (χ3n) is 5.28. The summed E-state index contributed by atoms with van der Waals surface area (Å²) in [6.07, 6.45) is 1.47. The second-order valence-corrected chi connectivity index (χ2v) is 6.94. The highest BCUT2D eigenvalue weighted by Crippen LogP contribution is 2.35. The van der Waals surface area contributed by atoms with Gasteiger partial charge in [-0.05, 0) is 48.7 Å². The first-order valence-corrected chi connectivity index (χ1v) is 9.18. The number of ether oxygens (including phenoxy) is 3. The molecule has 2 aromatic rings. The van der Waals surface area contributed by atoms with E-state index in [0.29, 0.717) is 50.0 Å². The Bertz CT molecular complexity index is 833. The maximum absolute atomic E-state index is 13.8. The summed E-state index contributed by atoms with van der Waals surface area (Å²) in [5, 5.41) is 3.02. The van der Waals surface area contributed by atoms with E-state index in [4.69, 9.17) is 14.2 Å². The standard InChI is InChI=1S/C21H22FNO4/c22-17-3-1-2-16(13-17)21(6-8-25-9-7-21)14-23-20(24)15-4-5-18-19(12-15)27-11-10-26-18/h1-5,12-13H,6-11,14H2,(H,23,24). The summed E-state index contributed by atoms with van der Waals surface area (Å²) < 4.78 is 30.3. The molecule has 0 aromatic heterocycles. The number of nitrogens with one attached hydrogen (secondary N) is 1. The molecule has 142 valence electrons. The van der Waals surface area contributed by atoms with E-state index < -0.39 is 0 Å². The summed E-state index contributed by atoms with van der Waals surface area (Å²) in [5.74, 6) is 0.782. The van der Waals surface area contributed by atoms with Crippen molar-refractivity contribution in [3.63, 3.8) is 0 Å². The predicted molar refractivity (Wildman–Crippen MR) is 97.9 cm³/mol. The Hall–Kier alpha value is -2.60. The van der Waals surface area contributed by atoms with Gasteiger partial charge in [-0.25, -0.2) is 4.39 Å². The van der Waals surface area contributed by atoms with Crippen molar-refractivity contribution in [3.8, 4) is 11.5 Å². The minimum Gasteiger partial charge on any atom is -0.486 e. The van der Waals surface area contributed by atoms with Gasteiger partial charge >= 0.3 is 0 Å². The van der Waals surface area contributed by atoms with Crippen LogP contribution < -0.4 is 14.8 Å². The van der Waals surface area contributed by atoms with Crippen LogP contribution in [-0.2, 0) is 10.2 Å². The molecule has 27 heavy (non-hydrogen) atoms. The van der Waals surface area contributed by atoms with Gasteiger partial charge in [-0.2, -0.15) is 0 Å². The molecule has 1 N–H and O–H groups in total. The molecule has 1 amide bonds. The fourth-order valence-corrected chi connectivity index (χ4v) is 3.68. The molecular formula is C21H22FNO4. The van der Waals surface area contributed by atoms with E-state index >= 15 is 0 Å². The third-order valence-corrected chi connectivity index (χ3v) is 5.28. The van der Waals surface area contributed by atoms with Crippen molar-refractivity contribution in [2.24, 2.45) is 0 Å². The Morgan fingerprint density at radius 2 is 1.78 bits per heavy atom. The largest absolute Gasteiger partial charge is 0.486 e. The highest BCUT2D eigenvalue weighted by Gasteiger charge is 2.35. The molecule has 4 rings (SSSR count). The topological polar surface area (TPSA) is 56.8 Å². The van der Waals surface area contributed by atoms with Crippen LogP contribution in [0.25, 0.3) is 0 Å². The zero-order valence-corrected chi connectivity index (χ0v) is 15.0. The SMILES string of the molecule is O=C(NCC1(c2cccc(F)c2)CCOCC1)c1ccc2c(c1)OCCO2. The number of fused-ring (bicyclic) bond motifs is 1. The van der Waals surface area contributed by atoms with Gasteiger partial charge in [-0.15, -0.1) is 0 Å². The Kier molecular flexibility index (Phi) is 4.99. The molecule has 0 radical (unpaired) electrons. The van der Waals surface area contributed by atoms with E-state index in [-0.39, 0.29) is 17.1 Å². The van der Waals surface area contributed by atoms with Gasteiger partial charge in [0.15, 0.2) is 11.5 Å². The van der Waals surface area contributed by atoms with E-state index in [0.717, 1.165) is 18.4 Å². The Morgan fingerprint density at radius 1 is 1.00 bits per heavy atom. The molecule has 0 aliphatic carbocycles. The summed E-state index contributed by atoms with van der Waals surface area (Å²) in [5.41, 5.74) is 1.08. The number of rotatable bonds is 4. The monoisotopic (exact) mass is 371 g/mol. The maximum atomic E-state index is 13.8. The number of hydrogen-bond donors (Lipinski definition) is 1. The molecule has 2 aliphatic rings. The average molecular weight is 371 g/mol. The smallest absolute Gasteiger partial charge is 0.251 e. The number of amides is 1. The molecule has 5 nitrogen and oxygen atoms in total. The van der Waals surface area contributed by atoms with E-state index in [2.05, 4.69) is 5.32 Å². The molecule has 0 spiro atoms. The van der Waals surface area contributed by atoms with Gasteiger partial charge in [0.25, 0.3) is 5.91 Å². The molecule has 1 saturated heterocycles. The lowest BCUT2D eigenvalue weighted by atomic mass is 9.74. The van der Waals surface area contributed by atoms with E-state index in [9.17, 15) is 9.18 Å². The first-order chi connectivity index (χ1) is 13.2. The van der Waals surface area contributed by atoms with Crippen molar-refractivity contribution in [3.05, 3.63) is 59.4 Å². The van der Waals surface area contributed by atoms with Crippen LogP contribution in [-0.4, -0.2) is 38.9 Å². The summed E-state index contributed by atoms with van der Waals surface area (Å²) in [7, 11) is 0. The predicted octanol–water partition coefficient (Wildman–Crippen LogP) is 3.08. The van der Waals surface area contributed by atoms with Gasteiger partial charge in [-0.1, -0.05) is 12.1 Å². The molecule has 0 bridgehead atoms. The molecule has 6 heteroatoms. The van der Waals surface area contributed by atoms with Gasteiger partial charge in [0.1, 0.15) is 19.0 Å². The van der Waals surface area contributed by atoms with E-state index in [1.165, 1.54) is 6.07 Å². The van der Waals surface area contributed by atoms with Crippen LogP contribution in [0.5, 0.6) is 11.5 Å². The van der Waals surface area contributed by atoms with Crippen LogP contribution in [0.3, 0.4) is 0 Å². The van der Waals surface area contributed by atoms with Crippen molar-refractivity contribution in [1.29, 1.82) is 0 Å². The highest BCUT2D eigenvalue weighted by atomic mass is 19.1. The van der Waals surface area contributed by atoms with Gasteiger partial charge in [0.2, 0.25) is 0 Å². The van der Waals surface area contributed by atoms with Crippen LogP contribution in [0.1, 0.15) is 28.8 Å². The highest BCUT2D eigenvalue weighted by molar-refractivity contribution is 5.95. The lowest BCUT2D eigenvalue weighted by Gasteiger charge is -2.38. The number of carbonyl (C=O) groups is 1. The molecular weight excluding hydrogens is 349 g/mol. The quantitative estimate of drug-likeness (QED) is 0.897. The van der Waals surface area contributed by atoms with Crippen molar-refractivity contribution in [2.75, 3.05) is 33.0 Å². The van der Waals surface area contributed by atoms with Crippen molar-refractivity contribution >= 4 is 5.91 Å². The zero-order chi connectivity index (χ0) is 18.7. The third kappa shape index (κ3) is 3.76. The molecule has 1 fully saturated rings. The van der Waals surface area contributed by atoms with Crippen molar-refractivity contribution in [2.45, 2.75) is 18.3 Å². The summed E-state index contributed by atoms with van der Waals surface area (Å²) >= 11 is 0. The van der Waals surface area contributed by atoms with Gasteiger partial charge in [0, 0.05) is 30.7 Å². The second-order valence-electron chi connectivity index (χ2n) is 6.94. The second kappa shape index (κ2) is 7.56. The molecule has 0 saturated carbocycles. The van der Waals surface area contributed by atoms with Crippen LogP contribution >= 0.6 is 0 Å². The molecule has 0 atom stereocenters. The Labute approximate surface area is 157 Å². The molecule has 2 heterocycles. The zero-order valence-electron chi connectivity index (χ0n) is 15.0. The first-order valence-electron chi connectivity index (χ1n) is 9.18. The van der Waals surface area contributed by atoms with Crippen LogP contribution in [0.4, 0.5) is 4.39 Å². The number of halogens is 1. The van der Waals surface area contributed by atoms with E-state index in [1.807, 2.05) is 6.07 Å². The summed E-state index contributed by atoms with van der Waals surface area (Å²) in [6.45, 7) is 2.59. The van der Waals surface area contributed by atoms with Crippen LogP contribution in [0, 0.1) is 5.82 Å². The number of benzene rings is 2.